The van der Waals surface area contributed by atoms with Gasteiger partial charge >= 0.3 is 0 Å². The molecule has 0 radical (unpaired) electrons. The van der Waals surface area contributed by atoms with E-state index in [-0.39, 0.29) is 6.10 Å². The second-order valence-corrected chi connectivity index (χ2v) is 11.2. The number of rotatable bonds is 10. The van der Waals surface area contributed by atoms with Crippen molar-refractivity contribution in [3.05, 3.63) is 29.8 Å². The fourth-order valence-corrected chi connectivity index (χ4v) is 3.60. The Morgan fingerprint density at radius 3 is 2.38 bits per heavy atom. The summed E-state index contributed by atoms with van der Waals surface area (Å²) in [5.74, 6) is 0.919. The van der Waals surface area contributed by atoms with E-state index in [0.717, 1.165) is 12.2 Å². The van der Waals surface area contributed by atoms with Gasteiger partial charge in [0.05, 0.1) is 13.2 Å². The molecule has 0 heterocycles. The normalized spacial score (nSPS) is 13.2. The van der Waals surface area contributed by atoms with Crippen molar-refractivity contribution in [2.24, 2.45) is 0 Å². The van der Waals surface area contributed by atoms with Crippen molar-refractivity contribution < 1.29 is 9.16 Å². The standard InChI is InChI=1S/C18H32O2Si/c1-6-7-8-9-10-14-18(20-21(3,4)5)16-12-11-13-17(15-16)19-2/h11-13,15,18H,6-10,14H2,1-5H3. The van der Waals surface area contributed by atoms with Crippen molar-refractivity contribution in [3.8, 4) is 5.75 Å². The molecular weight excluding hydrogens is 276 g/mol. The van der Waals surface area contributed by atoms with E-state index in [4.69, 9.17) is 9.16 Å². The molecule has 0 spiro atoms. The second-order valence-electron chi connectivity index (χ2n) is 6.70. The molecule has 120 valence electrons. The molecular formula is C18H32O2Si. The molecule has 3 heteroatoms. The third kappa shape index (κ3) is 7.68. The van der Waals surface area contributed by atoms with Crippen LogP contribution in [0.5, 0.6) is 5.75 Å². The van der Waals surface area contributed by atoms with Gasteiger partial charge in [0.1, 0.15) is 5.75 Å². The molecule has 1 aromatic rings. The number of unbranched alkanes of at least 4 members (excludes halogenated alkanes) is 4. The highest BCUT2D eigenvalue weighted by molar-refractivity contribution is 6.69. The minimum Gasteiger partial charge on any atom is -0.497 e. The molecule has 1 unspecified atom stereocenters. The fourth-order valence-electron chi connectivity index (χ4n) is 2.50. The lowest BCUT2D eigenvalue weighted by atomic mass is 10.0. The largest absolute Gasteiger partial charge is 0.497 e. The first-order valence-corrected chi connectivity index (χ1v) is 11.7. The van der Waals surface area contributed by atoms with Crippen LogP contribution in [0.3, 0.4) is 0 Å². The Morgan fingerprint density at radius 1 is 1.05 bits per heavy atom. The van der Waals surface area contributed by atoms with Crippen LogP contribution in [0.1, 0.15) is 57.1 Å². The van der Waals surface area contributed by atoms with Crippen LogP contribution in [0.15, 0.2) is 24.3 Å². The van der Waals surface area contributed by atoms with Gasteiger partial charge in [0.15, 0.2) is 8.32 Å². The molecule has 1 aromatic carbocycles. The van der Waals surface area contributed by atoms with E-state index in [1.54, 1.807) is 7.11 Å². The summed E-state index contributed by atoms with van der Waals surface area (Å²) in [6.45, 7) is 9.04. The minimum absolute atomic E-state index is 0.216. The maximum Gasteiger partial charge on any atom is 0.184 e. The predicted octanol–water partition coefficient (Wildman–Crippen LogP) is 5.95. The van der Waals surface area contributed by atoms with Crippen LogP contribution in [0.25, 0.3) is 0 Å². The van der Waals surface area contributed by atoms with Crippen molar-refractivity contribution in [1.82, 2.24) is 0 Å². The maximum absolute atomic E-state index is 6.41. The van der Waals surface area contributed by atoms with Gasteiger partial charge in [0.2, 0.25) is 0 Å². The topological polar surface area (TPSA) is 18.5 Å². The van der Waals surface area contributed by atoms with Crippen LogP contribution in [0.4, 0.5) is 0 Å². The molecule has 0 aliphatic rings. The van der Waals surface area contributed by atoms with E-state index in [0.29, 0.717) is 0 Å². The highest BCUT2D eigenvalue weighted by Crippen LogP contribution is 2.29. The Morgan fingerprint density at radius 2 is 1.76 bits per heavy atom. The molecule has 1 rings (SSSR count). The molecule has 1 atom stereocenters. The van der Waals surface area contributed by atoms with E-state index in [1.807, 2.05) is 6.07 Å². The number of hydrogen-bond acceptors (Lipinski definition) is 2. The summed E-state index contributed by atoms with van der Waals surface area (Å²) in [6.07, 6.45) is 7.86. The van der Waals surface area contributed by atoms with E-state index >= 15 is 0 Å². The number of benzene rings is 1. The lowest BCUT2D eigenvalue weighted by Crippen LogP contribution is -2.28. The average molecular weight is 309 g/mol. The van der Waals surface area contributed by atoms with Gasteiger partial charge in [-0.3, -0.25) is 0 Å². The molecule has 0 N–H and O–H groups in total. The van der Waals surface area contributed by atoms with Gasteiger partial charge in [-0.1, -0.05) is 51.2 Å². The zero-order valence-corrected chi connectivity index (χ0v) is 15.4. The van der Waals surface area contributed by atoms with Crippen LogP contribution in [-0.4, -0.2) is 15.4 Å². The molecule has 2 nitrogen and oxygen atoms in total. The van der Waals surface area contributed by atoms with Gasteiger partial charge in [-0.25, -0.2) is 0 Å². The summed E-state index contributed by atoms with van der Waals surface area (Å²) in [6, 6.07) is 8.35. The Bertz CT molecular complexity index is 398. The zero-order chi connectivity index (χ0) is 15.7. The third-order valence-corrected chi connectivity index (χ3v) is 4.52. The predicted molar refractivity (Wildman–Crippen MR) is 93.5 cm³/mol. The first kappa shape index (κ1) is 18.2. The van der Waals surface area contributed by atoms with Gasteiger partial charge < -0.3 is 9.16 Å². The van der Waals surface area contributed by atoms with Gasteiger partial charge in [-0.05, 0) is 43.8 Å². The molecule has 0 fully saturated rings. The summed E-state index contributed by atoms with van der Waals surface area (Å²) < 4.78 is 11.8. The molecule has 0 aliphatic carbocycles. The maximum atomic E-state index is 6.41. The van der Waals surface area contributed by atoms with Crippen LogP contribution >= 0.6 is 0 Å². The third-order valence-electron chi connectivity index (χ3n) is 3.53. The van der Waals surface area contributed by atoms with Crippen molar-refractivity contribution >= 4 is 8.32 Å². The fraction of sp³-hybridized carbons (Fsp3) is 0.667. The molecule has 0 saturated carbocycles. The molecule has 0 bridgehead atoms. The lowest BCUT2D eigenvalue weighted by Gasteiger charge is -2.27. The first-order valence-electron chi connectivity index (χ1n) is 8.28. The zero-order valence-electron chi connectivity index (χ0n) is 14.4. The number of methoxy groups -OCH3 is 1. The van der Waals surface area contributed by atoms with Gasteiger partial charge in [-0.15, -0.1) is 0 Å². The molecule has 0 aliphatic heterocycles. The Labute approximate surface area is 132 Å². The summed E-state index contributed by atoms with van der Waals surface area (Å²) in [5.41, 5.74) is 1.26. The quantitative estimate of drug-likeness (QED) is 0.393. The number of hydrogen-bond donors (Lipinski definition) is 0. The lowest BCUT2D eigenvalue weighted by molar-refractivity contribution is 0.182. The van der Waals surface area contributed by atoms with Crippen molar-refractivity contribution in [2.75, 3.05) is 7.11 Å². The monoisotopic (exact) mass is 308 g/mol. The van der Waals surface area contributed by atoms with Gasteiger partial charge in [-0.2, -0.15) is 0 Å². The first-order chi connectivity index (χ1) is 9.96. The smallest absolute Gasteiger partial charge is 0.184 e. The van der Waals surface area contributed by atoms with E-state index in [9.17, 15) is 0 Å². The summed E-state index contributed by atoms with van der Waals surface area (Å²) in [5, 5.41) is 0. The summed E-state index contributed by atoms with van der Waals surface area (Å²) in [4.78, 5) is 0. The van der Waals surface area contributed by atoms with E-state index < -0.39 is 8.32 Å². The van der Waals surface area contributed by atoms with Gasteiger partial charge in [0, 0.05) is 0 Å². The van der Waals surface area contributed by atoms with Crippen LogP contribution in [-0.2, 0) is 4.43 Å². The SMILES string of the molecule is CCCCCCCC(O[Si](C)(C)C)c1cccc(OC)c1. The van der Waals surface area contributed by atoms with E-state index in [1.165, 1.54) is 37.7 Å². The molecule has 0 amide bonds. The molecule has 0 aromatic heterocycles. The summed E-state index contributed by atoms with van der Waals surface area (Å²) >= 11 is 0. The number of ether oxygens (including phenoxy) is 1. The van der Waals surface area contributed by atoms with Crippen LogP contribution in [0.2, 0.25) is 19.6 Å². The highest BCUT2D eigenvalue weighted by Gasteiger charge is 2.22. The van der Waals surface area contributed by atoms with E-state index in [2.05, 4.69) is 44.8 Å². The van der Waals surface area contributed by atoms with Crippen molar-refractivity contribution in [2.45, 2.75) is 71.2 Å². The Hall–Kier alpha value is -0.803. The average Bonchev–Trinajstić information content (AvgIpc) is 2.44. The molecule has 21 heavy (non-hydrogen) atoms. The minimum atomic E-state index is -1.55. The second kappa shape index (κ2) is 9.26. The van der Waals surface area contributed by atoms with Gasteiger partial charge in [0.25, 0.3) is 0 Å². The van der Waals surface area contributed by atoms with Crippen LogP contribution in [0, 0.1) is 0 Å². The Kier molecular flexibility index (Phi) is 8.05. The summed E-state index contributed by atoms with van der Waals surface area (Å²) in [7, 11) is 0.174. The highest BCUT2D eigenvalue weighted by atomic mass is 28.4. The van der Waals surface area contributed by atoms with Crippen molar-refractivity contribution in [3.63, 3.8) is 0 Å². The Balaban J connectivity index is 2.67. The molecule has 0 saturated heterocycles. The van der Waals surface area contributed by atoms with Crippen LogP contribution < -0.4 is 4.74 Å². The van der Waals surface area contributed by atoms with Crippen molar-refractivity contribution in [1.29, 1.82) is 0 Å².